The second-order valence-electron chi connectivity index (χ2n) is 4.22. The van der Waals surface area contributed by atoms with Gasteiger partial charge < -0.3 is 10.1 Å². The molecule has 6 heteroatoms. The third-order valence-electron chi connectivity index (χ3n) is 2.99. The summed E-state index contributed by atoms with van der Waals surface area (Å²) < 4.78 is 13.5. The fourth-order valence-corrected chi connectivity index (χ4v) is 2.75. The quantitative estimate of drug-likeness (QED) is 0.718. The zero-order valence-corrected chi connectivity index (χ0v) is 11.6. The summed E-state index contributed by atoms with van der Waals surface area (Å²) in [4.78, 5) is 18.3. The van der Waals surface area contributed by atoms with Crippen LogP contribution in [0.3, 0.4) is 0 Å². The van der Waals surface area contributed by atoms with E-state index in [1.807, 2.05) is 0 Å². The number of nitrogens with zero attached hydrogens (tertiary/aromatic N) is 1. The van der Waals surface area contributed by atoms with Gasteiger partial charge in [-0.2, -0.15) is 0 Å². The van der Waals surface area contributed by atoms with Crippen molar-refractivity contribution in [3.63, 3.8) is 0 Å². The van der Waals surface area contributed by atoms with Crippen molar-refractivity contribution in [2.45, 2.75) is 0 Å². The number of fused-ring (bicyclic) bond motifs is 1. The van der Waals surface area contributed by atoms with E-state index in [2.05, 4.69) is 25.9 Å². The van der Waals surface area contributed by atoms with Gasteiger partial charge in [-0.3, -0.25) is 4.79 Å². The molecule has 0 radical (unpaired) electrons. The fourth-order valence-electron chi connectivity index (χ4n) is 2.04. The molecule has 4 nitrogen and oxygen atoms in total. The van der Waals surface area contributed by atoms with Crippen molar-refractivity contribution in [2.75, 3.05) is 0 Å². The molecular formula is C14H8BrFN2O2. The number of aromatic amines is 1. The predicted octanol–water partition coefficient (Wildman–Crippen LogP) is 3.20. The van der Waals surface area contributed by atoms with Crippen LogP contribution in [0.2, 0.25) is 0 Å². The van der Waals surface area contributed by atoms with E-state index in [0.29, 0.717) is 15.6 Å². The van der Waals surface area contributed by atoms with E-state index < -0.39 is 0 Å². The van der Waals surface area contributed by atoms with Gasteiger partial charge in [-0.1, -0.05) is 12.1 Å². The Morgan fingerprint density at radius 1 is 1.25 bits per heavy atom. The first-order chi connectivity index (χ1) is 9.58. The van der Waals surface area contributed by atoms with E-state index in [1.165, 1.54) is 24.5 Å². The Morgan fingerprint density at radius 2 is 1.95 bits per heavy atom. The lowest BCUT2D eigenvalue weighted by molar-refractivity contribution is 0.480. The van der Waals surface area contributed by atoms with E-state index in [1.54, 1.807) is 12.1 Å². The maximum absolute atomic E-state index is 13.0. The lowest BCUT2D eigenvalue weighted by Crippen LogP contribution is -2.07. The second-order valence-corrected chi connectivity index (χ2v) is 5.01. The van der Waals surface area contributed by atoms with Crippen LogP contribution in [0, 0.1) is 5.82 Å². The van der Waals surface area contributed by atoms with Crippen molar-refractivity contribution in [3.05, 3.63) is 57.3 Å². The molecule has 0 saturated carbocycles. The molecule has 3 aromatic rings. The molecule has 0 spiro atoms. The van der Waals surface area contributed by atoms with Gasteiger partial charge in [0.15, 0.2) is 0 Å². The van der Waals surface area contributed by atoms with Gasteiger partial charge in [0, 0.05) is 10.0 Å². The van der Waals surface area contributed by atoms with Crippen LogP contribution in [-0.2, 0) is 0 Å². The average molecular weight is 335 g/mol. The van der Waals surface area contributed by atoms with E-state index >= 15 is 0 Å². The minimum Gasteiger partial charge on any atom is -0.506 e. The van der Waals surface area contributed by atoms with Gasteiger partial charge in [0.2, 0.25) is 0 Å². The normalized spacial score (nSPS) is 10.9. The number of nitrogens with one attached hydrogen (secondary N) is 1. The Labute approximate surface area is 121 Å². The van der Waals surface area contributed by atoms with E-state index in [4.69, 9.17) is 0 Å². The number of aromatic nitrogens is 2. The van der Waals surface area contributed by atoms with Crippen LogP contribution in [-0.4, -0.2) is 15.1 Å². The van der Waals surface area contributed by atoms with Gasteiger partial charge in [-0.05, 0) is 39.7 Å². The molecule has 20 heavy (non-hydrogen) atoms. The zero-order valence-electron chi connectivity index (χ0n) is 10.0. The molecule has 3 rings (SSSR count). The molecule has 0 unspecified atom stereocenters. The monoisotopic (exact) mass is 334 g/mol. The topological polar surface area (TPSA) is 66.0 Å². The molecule has 0 amide bonds. The van der Waals surface area contributed by atoms with Gasteiger partial charge in [0.05, 0.1) is 11.7 Å². The molecule has 0 aliphatic heterocycles. The number of phenolic OH excluding ortho intramolecular Hbond substituents is 1. The van der Waals surface area contributed by atoms with Gasteiger partial charge in [-0.15, -0.1) is 0 Å². The number of aromatic hydroxyl groups is 1. The summed E-state index contributed by atoms with van der Waals surface area (Å²) in [5, 5.41) is 10.3. The molecule has 0 aliphatic rings. The van der Waals surface area contributed by atoms with Gasteiger partial charge in [-0.25, -0.2) is 9.37 Å². The Balaban J connectivity index is 2.38. The van der Waals surface area contributed by atoms with Crippen LogP contribution in [0.15, 0.2) is 45.9 Å². The second kappa shape index (κ2) is 4.72. The lowest BCUT2D eigenvalue weighted by Gasteiger charge is -2.09. The van der Waals surface area contributed by atoms with Crippen LogP contribution >= 0.6 is 15.9 Å². The van der Waals surface area contributed by atoms with Crippen LogP contribution in [0.5, 0.6) is 5.75 Å². The van der Waals surface area contributed by atoms with E-state index in [-0.39, 0.29) is 28.0 Å². The molecular weight excluding hydrogens is 327 g/mol. The van der Waals surface area contributed by atoms with Gasteiger partial charge in [0.25, 0.3) is 5.56 Å². The Morgan fingerprint density at radius 3 is 2.65 bits per heavy atom. The maximum atomic E-state index is 13.0. The molecule has 1 heterocycles. The molecule has 0 saturated heterocycles. The summed E-state index contributed by atoms with van der Waals surface area (Å²) in [5.41, 5.74) is 1.12. The highest BCUT2D eigenvalue weighted by atomic mass is 79.9. The van der Waals surface area contributed by atoms with Crippen LogP contribution in [0.25, 0.3) is 22.0 Å². The van der Waals surface area contributed by atoms with E-state index in [0.717, 1.165) is 0 Å². The van der Waals surface area contributed by atoms with Crippen LogP contribution in [0.1, 0.15) is 0 Å². The SMILES string of the molecule is O=c1[nH]cnc2c(O)cc(-c3ccc(F)cc3)c(Br)c12. The van der Waals surface area contributed by atoms with Crippen molar-refractivity contribution in [1.82, 2.24) is 9.97 Å². The molecule has 0 aliphatic carbocycles. The molecule has 100 valence electrons. The molecule has 2 aromatic carbocycles. The fraction of sp³-hybridized carbons (Fsp3) is 0. The molecule has 0 bridgehead atoms. The summed E-state index contributed by atoms with van der Waals surface area (Å²) in [7, 11) is 0. The largest absolute Gasteiger partial charge is 0.506 e. The number of halogens is 2. The first-order valence-corrected chi connectivity index (χ1v) is 6.52. The van der Waals surface area contributed by atoms with E-state index in [9.17, 15) is 14.3 Å². The number of benzene rings is 2. The minimum atomic E-state index is -0.360. The smallest absolute Gasteiger partial charge is 0.259 e. The third kappa shape index (κ3) is 1.98. The van der Waals surface area contributed by atoms with Crippen molar-refractivity contribution in [3.8, 4) is 16.9 Å². The summed E-state index contributed by atoms with van der Waals surface area (Å²) in [6.07, 6.45) is 1.23. The number of phenols is 1. The highest BCUT2D eigenvalue weighted by molar-refractivity contribution is 9.10. The van der Waals surface area contributed by atoms with Crippen molar-refractivity contribution in [2.24, 2.45) is 0 Å². The van der Waals surface area contributed by atoms with Gasteiger partial charge >= 0.3 is 0 Å². The van der Waals surface area contributed by atoms with Crippen LogP contribution < -0.4 is 5.56 Å². The first kappa shape index (κ1) is 12.8. The Bertz CT molecular complexity index is 859. The van der Waals surface area contributed by atoms with Crippen molar-refractivity contribution < 1.29 is 9.50 Å². The maximum Gasteiger partial charge on any atom is 0.259 e. The Hall–Kier alpha value is -2.21. The summed E-state index contributed by atoms with van der Waals surface area (Å²) in [6, 6.07) is 7.27. The average Bonchev–Trinajstić information content (AvgIpc) is 2.44. The highest BCUT2D eigenvalue weighted by Gasteiger charge is 2.15. The summed E-state index contributed by atoms with van der Waals surface area (Å²) >= 11 is 3.36. The number of hydrogen-bond donors (Lipinski definition) is 2. The Kier molecular flexibility index (Phi) is 3.02. The third-order valence-corrected chi connectivity index (χ3v) is 3.81. The lowest BCUT2D eigenvalue weighted by atomic mass is 10.0. The molecule has 1 aromatic heterocycles. The first-order valence-electron chi connectivity index (χ1n) is 5.72. The van der Waals surface area contributed by atoms with Crippen molar-refractivity contribution >= 4 is 26.8 Å². The molecule has 0 atom stereocenters. The number of H-pyrrole nitrogens is 1. The van der Waals surface area contributed by atoms with Crippen LogP contribution in [0.4, 0.5) is 4.39 Å². The predicted molar refractivity (Wildman–Crippen MR) is 77.1 cm³/mol. The van der Waals surface area contributed by atoms with Gasteiger partial charge in [0.1, 0.15) is 17.1 Å². The number of hydrogen-bond acceptors (Lipinski definition) is 3. The van der Waals surface area contributed by atoms with Crippen molar-refractivity contribution in [1.29, 1.82) is 0 Å². The summed E-state index contributed by atoms with van der Waals surface area (Å²) in [6.45, 7) is 0. The highest BCUT2D eigenvalue weighted by Crippen LogP contribution is 2.37. The standard InChI is InChI=1S/C14H8BrFN2O2/c15-12-9(7-1-3-8(16)4-2-7)5-10(19)13-11(12)14(20)18-6-17-13/h1-6,19H,(H,17,18,20). The minimum absolute atomic E-state index is 0.103. The zero-order chi connectivity index (χ0) is 14.3. The molecule has 0 fully saturated rings. The number of rotatable bonds is 1. The summed E-state index contributed by atoms with van der Waals surface area (Å²) in [5.74, 6) is -0.456. The molecule has 2 N–H and O–H groups in total.